The number of aliphatic hydroxyl groups is 1. The second kappa shape index (κ2) is 9.84. The predicted molar refractivity (Wildman–Crippen MR) is 133 cm³/mol. The molecule has 1 saturated carbocycles. The van der Waals surface area contributed by atoms with Crippen molar-refractivity contribution in [2.24, 2.45) is 11.3 Å². The lowest BCUT2D eigenvalue weighted by Crippen LogP contribution is -2.77. The fraction of sp³-hybridized carbons (Fsp3) is 0.448. The van der Waals surface area contributed by atoms with Crippen molar-refractivity contribution in [2.75, 3.05) is 6.61 Å². The maximum Gasteiger partial charge on any atom is 0.338 e. The van der Waals surface area contributed by atoms with Gasteiger partial charge in [0.1, 0.15) is 6.10 Å². The van der Waals surface area contributed by atoms with E-state index in [1.165, 1.54) is 19.9 Å². The van der Waals surface area contributed by atoms with Gasteiger partial charge in [-0.3, -0.25) is 14.4 Å². The third-order valence-corrected chi connectivity index (χ3v) is 7.85. The number of aliphatic hydroxyl groups excluding tert-OH is 1. The van der Waals surface area contributed by atoms with Crippen LogP contribution in [0.5, 0.6) is 0 Å². The van der Waals surface area contributed by atoms with Crippen molar-refractivity contribution >= 4 is 23.5 Å². The first kappa shape index (κ1) is 26.7. The number of hydrogen-bond acceptors (Lipinski definition) is 8. The van der Waals surface area contributed by atoms with Crippen LogP contribution in [0.1, 0.15) is 50.9 Å². The molecule has 0 aromatic heterocycles. The van der Waals surface area contributed by atoms with E-state index in [0.29, 0.717) is 16.7 Å². The van der Waals surface area contributed by atoms with Crippen molar-refractivity contribution in [3.05, 3.63) is 71.3 Å². The largest absolute Gasteiger partial charge is 0.453 e. The molecule has 0 radical (unpaired) electrons. The van der Waals surface area contributed by atoms with E-state index in [1.54, 1.807) is 50.3 Å². The van der Waals surface area contributed by atoms with Crippen molar-refractivity contribution < 1.29 is 38.5 Å². The van der Waals surface area contributed by atoms with Gasteiger partial charge in [-0.2, -0.15) is 0 Å². The normalized spacial score (nSPS) is 36.4. The molecule has 6 atom stereocenters. The molecule has 2 unspecified atom stereocenters. The van der Waals surface area contributed by atoms with Gasteiger partial charge in [-0.15, -0.1) is 0 Å². The molecule has 37 heavy (non-hydrogen) atoms. The van der Waals surface area contributed by atoms with Gasteiger partial charge in [0.25, 0.3) is 0 Å². The highest BCUT2D eigenvalue weighted by Gasteiger charge is 2.72. The molecular formula is C29H32O8. The highest BCUT2D eigenvalue weighted by Crippen LogP contribution is 2.57. The number of carbonyl (C=O) groups excluding carboxylic acids is 4. The molecule has 1 aromatic carbocycles. The number of ketones is 2. The van der Waals surface area contributed by atoms with Crippen molar-refractivity contribution in [3.63, 3.8) is 0 Å². The SMILES string of the molecule is C=C(C)C1=C/C(=O)[C@@]2(C)C([C@H](OC(=O)c3ccccc3)C(=O)C/C=C\1C)[C@]1(OC(C)=O)COC1C[C@@H]2O. The Hall–Kier alpha value is -3.36. The van der Waals surface area contributed by atoms with Crippen LogP contribution >= 0.6 is 0 Å². The lowest BCUT2D eigenvalue weighted by atomic mass is 9.52. The van der Waals surface area contributed by atoms with Gasteiger partial charge in [-0.05, 0) is 50.1 Å². The third-order valence-electron chi connectivity index (χ3n) is 7.85. The summed E-state index contributed by atoms with van der Waals surface area (Å²) in [6.07, 6.45) is -0.562. The predicted octanol–water partition coefficient (Wildman–Crippen LogP) is 3.29. The van der Waals surface area contributed by atoms with Crippen LogP contribution < -0.4 is 0 Å². The Kier molecular flexibility index (Phi) is 7.10. The number of Topliss-reactive ketones (excluding diaryl/α,β-unsaturated/α-hetero) is 1. The summed E-state index contributed by atoms with van der Waals surface area (Å²) in [6.45, 7) is 10.1. The van der Waals surface area contributed by atoms with Crippen molar-refractivity contribution in [3.8, 4) is 0 Å². The van der Waals surface area contributed by atoms with E-state index in [2.05, 4.69) is 6.58 Å². The van der Waals surface area contributed by atoms with Gasteiger partial charge in [0, 0.05) is 19.8 Å². The molecule has 8 nitrogen and oxygen atoms in total. The Bertz CT molecular complexity index is 1210. The molecule has 4 rings (SSSR count). The summed E-state index contributed by atoms with van der Waals surface area (Å²) in [5.41, 5.74) is -1.04. The minimum absolute atomic E-state index is 0.00459. The van der Waals surface area contributed by atoms with Gasteiger partial charge >= 0.3 is 11.9 Å². The number of esters is 2. The van der Waals surface area contributed by atoms with Crippen LogP contribution in [-0.4, -0.2) is 59.1 Å². The van der Waals surface area contributed by atoms with Crippen LogP contribution in [-0.2, 0) is 28.6 Å². The lowest BCUT2D eigenvalue weighted by molar-refractivity contribution is -0.326. The van der Waals surface area contributed by atoms with Crippen molar-refractivity contribution in [1.29, 1.82) is 0 Å². The Morgan fingerprint density at radius 3 is 2.41 bits per heavy atom. The van der Waals surface area contributed by atoms with Gasteiger partial charge in [0.2, 0.25) is 0 Å². The summed E-state index contributed by atoms with van der Waals surface area (Å²) in [6, 6.07) is 8.17. The van der Waals surface area contributed by atoms with Crippen molar-refractivity contribution in [1.82, 2.24) is 0 Å². The lowest BCUT2D eigenvalue weighted by Gasteiger charge is -2.62. The fourth-order valence-electron chi connectivity index (χ4n) is 5.82. The molecule has 196 valence electrons. The molecule has 1 saturated heterocycles. The monoisotopic (exact) mass is 508 g/mol. The second-order valence-electron chi connectivity index (χ2n) is 10.3. The van der Waals surface area contributed by atoms with Crippen molar-refractivity contribution in [2.45, 2.75) is 64.4 Å². The minimum Gasteiger partial charge on any atom is -0.453 e. The van der Waals surface area contributed by atoms with Crippen LogP contribution in [0.2, 0.25) is 0 Å². The molecule has 0 amide bonds. The summed E-state index contributed by atoms with van der Waals surface area (Å²) in [5.74, 6) is -3.57. The number of carbonyl (C=O) groups is 4. The third kappa shape index (κ3) is 4.49. The van der Waals surface area contributed by atoms with Gasteiger partial charge in [0.15, 0.2) is 23.3 Å². The second-order valence-corrected chi connectivity index (χ2v) is 10.3. The van der Waals surface area contributed by atoms with E-state index >= 15 is 0 Å². The molecule has 2 aliphatic carbocycles. The van der Waals surface area contributed by atoms with E-state index in [4.69, 9.17) is 14.2 Å². The van der Waals surface area contributed by atoms with E-state index in [9.17, 15) is 24.3 Å². The van der Waals surface area contributed by atoms with Gasteiger partial charge in [-0.25, -0.2) is 4.79 Å². The van der Waals surface area contributed by atoms with Gasteiger partial charge in [-0.1, -0.05) is 36.4 Å². The van der Waals surface area contributed by atoms with E-state index < -0.39 is 58.8 Å². The number of rotatable bonds is 4. The van der Waals surface area contributed by atoms with E-state index in [0.717, 1.165) is 0 Å². The Morgan fingerprint density at radius 2 is 1.84 bits per heavy atom. The molecule has 1 N–H and O–H groups in total. The van der Waals surface area contributed by atoms with Crippen LogP contribution in [0, 0.1) is 11.3 Å². The standard InChI is InChI=1S/C29H32O8/c1-16(2)20-13-22(32)28(5)23(33)14-24-29(15-35-24,37-18(4)30)26(28)25(21(31)12-11-17(20)3)36-27(34)19-9-7-6-8-10-19/h6-11,13,23-26,33H,1,12,14-15H2,2-5H3/b17-11-,20-13-/t23-,24?,25+,26?,28+,29-/m0/s1. The first-order valence-electron chi connectivity index (χ1n) is 12.3. The maximum absolute atomic E-state index is 14.0. The highest BCUT2D eigenvalue weighted by atomic mass is 16.6. The molecule has 0 bridgehead atoms. The van der Waals surface area contributed by atoms with Crippen LogP contribution in [0.15, 0.2) is 65.8 Å². The zero-order valence-electron chi connectivity index (χ0n) is 21.5. The molecule has 2 fully saturated rings. The first-order chi connectivity index (χ1) is 17.4. The maximum atomic E-state index is 14.0. The van der Waals surface area contributed by atoms with Crippen LogP contribution in [0.25, 0.3) is 0 Å². The fourth-order valence-corrected chi connectivity index (χ4v) is 5.82. The quantitative estimate of drug-likeness (QED) is 0.616. The average molecular weight is 509 g/mol. The minimum atomic E-state index is -1.65. The summed E-state index contributed by atoms with van der Waals surface area (Å²) >= 11 is 0. The Labute approximate surface area is 216 Å². The summed E-state index contributed by atoms with van der Waals surface area (Å²) in [4.78, 5) is 53.3. The first-order valence-corrected chi connectivity index (χ1v) is 12.3. The van der Waals surface area contributed by atoms with Crippen LogP contribution in [0.3, 0.4) is 0 Å². The van der Waals surface area contributed by atoms with Gasteiger partial charge < -0.3 is 19.3 Å². The van der Waals surface area contributed by atoms with E-state index in [1.807, 2.05) is 0 Å². The molecule has 0 spiro atoms. The van der Waals surface area contributed by atoms with Crippen LogP contribution in [0.4, 0.5) is 0 Å². The van der Waals surface area contributed by atoms with E-state index in [-0.39, 0.29) is 25.0 Å². The number of fused-ring (bicyclic) bond motifs is 3. The summed E-state index contributed by atoms with van der Waals surface area (Å²) in [5, 5.41) is 11.4. The number of allylic oxidation sites excluding steroid dienone is 5. The Morgan fingerprint density at radius 1 is 1.16 bits per heavy atom. The molecular weight excluding hydrogens is 476 g/mol. The topological polar surface area (TPSA) is 116 Å². The Balaban J connectivity index is 1.93. The number of benzene rings is 1. The summed E-state index contributed by atoms with van der Waals surface area (Å²) in [7, 11) is 0. The zero-order chi connectivity index (χ0) is 27.1. The molecule has 1 aromatic rings. The summed E-state index contributed by atoms with van der Waals surface area (Å²) < 4.78 is 17.3. The smallest absolute Gasteiger partial charge is 0.338 e. The molecule has 8 heteroatoms. The number of ether oxygens (including phenoxy) is 3. The molecule has 3 aliphatic rings. The molecule has 1 aliphatic heterocycles. The number of hydrogen-bond donors (Lipinski definition) is 1. The van der Waals surface area contributed by atoms with Gasteiger partial charge in [0.05, 0.1) is 29.6 Å². The average Bonchev–Trinajstić information content (AvgIpc) is 2.85. The molecule has 1 heterocycles. The highest BCUT2D eigenvalue weighted by molar-refractivity contribution is 6.00. The zero-order valence-corrected chi connectivity index (χ0v) is 21.5.